The van der Waals surface area contributed by atoms with Crippen molar-refractivity contribution in [3.8, 4) is 0 Å². The molecule has 1 heterocycles. The molecule has 0 aliphatic carbocycles. The van der Waals surface area contributed by atoms with Crippen LogP contribution in [0.2, 0.25) is 0 Å². The predicted octanol–water partition coefficient (Wildman–Crippen LogP) is 1.36. The smallest absolute Gasteiger partial charge is 0.0654 e. The van der Waals surface area contributed by atoms with E-state index in [0.29, 0.717) is 6.04 Å². The van der Waals surface area contributed by atoms with Gasteiger partial charge >= 0.3 is 0 Å². The Hall–Kier alpha value is -1.01. The maximum absolute atomic E-state index is 4.06. The van der Waals surface area contributed by atoms with Crippen molar-refractivity contribution < 1.29 is 0 Å². The molecule has 2 heteroatoms. The molecule has 0 N–H and O–H groups in total. The Balaban J connectivity index is 2.65. The first-order chi connectivity index (χ1) is 4.30. The van der Waals surface area contributed by atoms with E-state index in [1.807, 2.05) is 11.2 Å². The first-order valence-electron chi connectivity index (χ1n) is 3.04. The van der Waals surface area contributed by atoms with Gasteiger partial charge in [-0.3, -0.25) is 5.01 Å². The van der Waals surface area contributed by atoms with Gasteiger partial charge in [-0.1, -0.05) is 5.73 Å². The number of nitrogens with zero attached hydrogens (tertiary/aromatic N) is 2. The molecule has 0 saturated heterocycles. The maximum Gasteiger partial charge on any atom is 0.0654 e. The largest absolute Gasteiger partial charge is 0.263 e. The van der Waals surface area contributed by atoms with Gasteiger partial charge in [0.1, 0.15) is 0 Å². The van der Waals surface area contributed by atoms with Gasteiger partial charge in [-0.25, -0.2) is 0 Å². The zero-order chi connectivity index (χ0) is 6.69. The number of hydrazone groups is 1. The summed E-state index contributed by atoms with van der Waals surface area (Å²) in [6.07, 6.45) is 5.36. The van der Waals surface area contributed by atoms with Gasteiger partial charge in [0.25, 0.3) is 0 Å². The third kappa shape index (κ3) is 1.44. The Morgan fingerprint density at radius 1 is 1.56 bits per heavy atom. The lowest BCUT2D eigenvalue weighted by molar-refractivity contribution is 0.329. The normalized spacial score (nSPS) is 15.7. The highest BCUT2D eigenvalue weighted by Gasteiger charge is 2.00. The van der Waals surface area contributed by atoms with Crippen LogP contribution in [-0.2, 0) is 0 Å². The van der Waals surface area contributed by atoms with Crippen LogP contribution in [0.25, 0.3) is 0 Å². The molecule has 0 fully saturated rings. The summed E-state index contributed by atoms with van der Waals surface area (Å²) in [6.45, 7) is 4.17. The number of hydrogen-bond donors (Lipinski definition) is 0. The van der Waals surface area contributed by atoms with Gasteiger partial charge in [0.15, 0.2) is 0 Å². The van der Waals surface area contributed by atoms with Gasteiger partial charge in [0.2, 0.25) is 0 Å². The summed E-state index contributed by atoms with van der Waals surface area (Å²) in [5.41, 5.74) is 2.94. The van der Waals surface area contributed by atoms with Gasteiger partial charge in [-0.05, 0) is 13.8 Å². The molecule has 0 atom stereocenters. The third-order valence-electron chi connectivity index (χ3n) is 1.11. The monoisotopic (exact) mass is 122 g/mol. The molecule has 0 radical (unpaired) electrons. The number of rotatable bonds is 1. The van der Waals surface area contributed by atoms with Crippen LogP contribution in [-0.4, -0.2) is 17.3 Å². The van der Waals surface area contributed by atoms with Crippen LogP contribution in [0, 0.1) is 0 Å². The van der Waals surface area contributed by atoms with Crippen molar-refractivity contribution >= 4 is 6.21 Å². The topological polar surface area (TPSA) is 15.6 Å². The van der Waals surface area contributed by atoms with Crippen molar-refractivity contribution in [3.05, 3.63) is 18.0 Å². The average molecular weight is 122 g/mol. The van der Waals surface area contributed by atoms with Crippen LogP contribution in [0.1, 0.15) is 13.8 Å². The van der Waals surface area contributed by atoms with E-state index in [9.17, 15) is 0 Å². The minimum absolute atomic E-state index is 0.433. The molecule has 0 aromatic rings. The summed E-state index contributed by atoms with van der Waals surface area (Å²) in [7, 11) is 0. The van der Waals surface area contributed by atoms with E-state index in [4.69, 9.17) is 0 Å². The fourth-order valence-corrected chi connectivity index (χ4v) is 0.588. The van der Waals surface area contributed by atoms with Crippen molar-refractivity contribution in [2.75, 3.05) is 0 Å². The highest BCUT2D eigenvalue weighted by Crippen LogP contribution is 1.99. The molecule has 2 nitrogen and oxygen atoms in total. The molecular weight excluding hydrogens is 112 g/mol. The fraction of sp³-hybridized carbons (Fsp3) is 0.429. The molecule has 9 heavy (non-hydrogen) atoms. The summed E-state index contributed by atoms with van der Waals surface area (Å²) >= 11 is 0. The zero-order valence-electron chi connectivity index (χ0n) is 5.70. The van der Waals surface area contributed by atoms with Crippen LogP contribution >= 0.6 is 0 Å². The maximum atomic E-state index is 4.06. The van der Waals surface area contributed by atoms with Crippen LogP contribution in [0.4, 0.5) is 0 Å². The molecule has 1 rings (SSSR count). The Morgan fingerprint density at radius 2 is 2.33 bits per heavy atom. The molecular formula is C7H10N2. The minimum Gasteiger partial charge on any atom is -0.263 e. The lowest BCUT2D eigenvalue weighted by atomic mass is 10.4. The fourth-order valence-electron chi connectivity index (χ4n) is 0.588. The first kappa shape index (κ1) is 6.12. The molecule has 0 aromatic heterocycles. The van der Waals surface area contributed by atoms with Gasteiger partial charge in [-0.15, -0.1) is 0 Å². The second-order valence-corrected chi connectivity index (χ2v) is 2.20. The average Bonchev–Trinajstić information content (AvgIpc) is 1.90. The van der Waals surface area contributed by atoms with Crippen molar-refractivity contribution in [2.24, 2.45) is 5.10 Å². The summed E-state index contributed by atoms with van der Waals surface area (Å²) < 4.78 is 0. The molecule has 0 saturated carbocycles. The molecule has 0 spiro atoms. The highest BCUT2D eigenvalue weighted by molar-refractivity contribution is 5.71. The lowest BCUT2D eigenvalue weighted by Gasteiger charge is -2.17. The molecule has 0 bridgehead atoms. The molecule has 1 aliphatic heterocycles. The van der Waals surface area contributed by atoms with Crippen LogP contribution < -0.4 is 0 Å². The highest BCUT2D eigenvalue weighted by atomic mass is 15.4. The SMILES string of the molecule is CC(C)N1C=C=CC=N1. The van der Waals surface area contributed by atoms with Crippen molar-refractivity contribution in [1.29, 1.82) is 0 Å². The van der Waals surface area contributed by atoms with Crippen LogP contribution in [0.15, 0.2) is 23.1 Å². The van der Waals surface area contributed by atoms with E-state index in [-0.39, 0.29) is 0 Å². The molecule has 1 aliphatic rings. The summed E-state index contributed by atoms with van der Waals surface area (Å²) in [5.74, 6) is 0. The second kappa shape index (κ2) is 2.51. The summed E-state index contributed by atoms with van der Waals surface area (Å²) in [4.78, 5) is 0. The first-order valence-corrected chi connectivity index (χ1v) is 3.04. The molecule has 0 amide bonds. The quantitative estimate of drug-likeness (QED) is 0.479. The van der Waals surface area contributed by atoms with Gasteiger partial charge < -0.3 is 0 Å². The molecule has 0 unspecified atom stereocenters. The van der Waals surface area contributed by atoms with Crippen LogP contribution in [0.3, 0.4) is 0 Å². The number of hydrogen-bond acceptors (Lipinski definition) is 2. The van der Waals surface area contributed by atoms with E-state index in [0.717, 1.165) is 0 Å². The molecule has 0 aromatic carbocycles. The van der Waals surface area contributed by atoms with E-state index >= 15 is 0 Å². The van der Waals surface area contributed by atoms with Gasteiger partial charge in [0, 0.05) is 12.1 Å². The summed E-state index contributed by atoms with van der Waals surface area (Å²) in [5, 5.41) is 5.92. The predicted molar refractivity (Wildman–Crippen MR) is 38.1 cm³/mol. The zero-order valence-corrected chi connectivity index (χ0v) is 5.70. The van der Waals surface area contributed by atoms with E-state index in [1.165, 1.54) is 0 Å². The Morgan fingerprint density at radius 3 is 2.67 bits per heavy atom. The van der Waals surface area contributed by atoms with E-state index in [2.05, 4.69) is 24.7 Å². The van der Waals surface area contributed by atoms with Crippen molar-refractivity contribution in [3.63, 3.8) is 0 Å². The second-order valence-electron chi connectivity index (χ2n) is 2.20. The molecule has 48 valence electrons. The van der Waals surface area contributed by atoms with Crippen molar-refractivity contribution in [1.82, 2.24) is 5.01 Å². The standard InChI is InChI=1S/C7H10N2/c1-7(2)9-6-4-3-5-8-9/h3,5-7H,1-2H3. The minimum atomic E-state index is 0.433. The van der Waals surface area contributed by atoms with E-state index < -0.39 is 0 Å². The third-order valence-corrected chi connectivity index (χ3v) is 1.11. The Labute approximate surface area is 55.2 Å². The Kier molecular flexibility index (Phi) is 1.71. The Bertz CT molecular complexity index is 173. The van der Waals surface area contributed by atoms with Gasteiger partial charge in [-0.2, -0.15) is 5.10 Å². The number of allylic oxidation sites excluding steroid dienone is 1. The van der Waals surface area contributed by atoms with Crippen LogP contribution in [0.5, 0.6) is 0 Å². The van der Waals surface area contributed by atoms with Crippen molar-refractivity contribution in [2.45, 2.75) is 19.9 Å². The lowest BCUT2D eigenvalue weighted by Crippen LogP contribution is -2.19. The van der Waals surface area contributed by atoms with Gasteiger partial charge in [0.05, 0.1) is 12.4 Å². The summed E-state index contributed by atoms with van der Waals surface area (Å²) in [6, 6.07) is 0.433. The van der Waals surface area contributed by atoms with E-state index in [1.54, 1.807) is 12.3 Å².